The summed E-state index contributed by atoms with van der Waals surface area (Å²) in [5.41, 5.74) is 8.35. The maximum Gasteiger partial charge on any atom is 0.123 e. The Morgan fingerprint density at radius 2 is 2.33 bits per heavy atom. The van der Waals surface area contributed by atoms with Crippen LogP contribution in [0.4, 0.5) is 0 Å². The van der Waals surface area contributed by atoms with Gasteiger partial charge in [0.05, 0.1) is 6.61 Å². The summed E-state index contributed by atoms with van der Waals surface area (Å²) >= 11 is 0. The fraction of sp³-hybridized carbons (Fsp3) is 0.538. The Morgan fingerprint density at radius 1 is 1.53 bits per heavy atom. The number of aryl methyl sites for hydroxylation is 1. The lowest BCUT2D eigenvalue weighted by Crippen LogP contribution is -2.24. The molecule has 15 heavy (non-hydrogen) atoms. The van der Waals surface area contributed by atoms with Gasteiger partial charge in [0.2, 0.25) is 0 Å². The smallest absolute Gasteiger partial charge is 0.123 e. The van der Waals surface area contributed by atoms with E-state index >= 15 is 0 Å². The fourth-order valence-corrected chi connectivity index (χ4v) is 2.28. The summed E-state index contributed by atoms with van der Waals surface area (Å²) in [7, 11) is 0. The van der Waals surface area contributed by atoms with Crippen molar-refractivity contribution in [2.75, 3.05) is 13.2 Å². The van der Waals surface area contributed by atoms with Crippen LogP contribution in [-0.2, 0) is 0 Å². The second-order valence-electron chi connectivity index (χ2n) is 4.50. The average molecular weight is 205 g/mol. The predicted octanol–water partition coefficient (Wildman–Crippen LogP) is 2.46. The van der Waals surface area contributed by atoms with E-state index in [1.54, 1.807) is 0 Å². The minimum Gasteiger partial charge on any atom is -0.493 e. The van der Waals surface area contributed by atoms with Gasteiger partial charge in [0, 0.05) is 0 Å². The first kappa shape index (κ1) is 10.5. The number of benzene rings is 1. The Kier molecular flexibility index (Phi) is 2.96. The Balaban J connectivity index is 2.34. The largest absolute Gasteiger partial charge is 0.493 e. The zero-order valence-corrected chi connectivity index (χ0v) is 9.49. The molecular formula is C13H19NO. The maximum absolute atomic E-state index is 5.75. The molecule has 0 saturated carbocycles. The maximum atomic E-state index is 5.75. The van der Waals surface area contributed by atoms with Gasteiger partial charge < -0.3 is 10.5 Å². The van der Waals surface area contributed by atoms with E-state index in [0.29, 0.717) is 11.8 Å². The molecule has 2 heteroatoms. The molecule has 1 aliphatic rings. The lowest BCUT2D eigenvalue weighted by molar-refractivity contribution is 0.244. The molecule has 0 aromatic heterocycles. The van der Waals surface area contributed by atoms with E-state index in [-0.39, 0.29) is 0 Å². The van der Waals surface area contributed by atoms with Crippen LogP contribution in [0.25, 0.3) is 0 Å². The quantitative estimate of drug-likeness (QED) is 0.805. The summed E-state index contributed by atoms with van der Waals surface area (Å²) in [5, 5.41) is 0. The van der Waals surface area contributed by atoms with Crippen molar-refractivity contribution >= 4 is 0 Å². The number of fused-ring (bicyclic) bond motifs is 1. The second-order valence-corrected chi connectivity index (χ2v) is 4.50. The summed E-state index contributed by atoms with van der Waals surface area (Å²) in [5.74, 6) is 2.17. The SMILES string of the molecule is Cc1ccc2c(c1)OCCC2C(C)CN. The molecule has 1 aliphatic heterocycles. The van der Waals surface area contributed by atoms with Gasteiger partial charge in [0.25, 0.3) is 0 Å². The van der Waals surface area contributed by atoms with Crippen molar-refractivity contribution in [3.05, 3.63) is 29.3 Å². The molecule has 2 N–H and O–H groups in total. The van der Waals surface area contributed by atoms with Crippen molar-refractivity contribution in [3.8, 4) is 5.75 Å². The molecule has 0 aliphatic carbocycles. The van der Waals surface area contributed by atoms with Crippen molar-refractivity contribution in [1.82, 2.24) is 0 Å². The van der Waals surface area contributed by atoms with E-state index in [0.717, 1.165) is 25.3 Å². The minimum atomic E-state index is 0.537. The third-order valence-corrected chi connectivity index (χ3v) is 3.31. The first-order valence-electron chi connectivity index (χ1n) is 5.65. The van der Waals surface area contributed by atoms with Gasteiger partial charge in [-0.25, -0.2) is 0 Å². The molecule has 2 unspecified atom stereocenters. The normalized spacial score (nSPS) is 21.7. The van der Waals surface area contributed by atoms with Crippen LogP contribution in [0.15, 0.2) is 18.2 Å². The Morgan fingerprint density at radius 3 is 3.07 bits per heavy atom. The molecule has 2 atom stereocenters. The van der Waals surface area contributed by atoms with Crippen LogP contribution in [0.1, 0.15) is 30.4 Å². The van der Waals surface area contributed by atoms with Crippen LogP contribution in [-0.4, -0.2) is 13.2 Å². The van der Waals surface area contributed by atoms with Crippen LogP contribution in [0.3, 0.4) is 0 Å². The van der Waals surface area contributed by atoms with E-state index < -0.39 is 0 Å². The highest BCUT2D eigenvalue weighted by atomic mass is 16.5. The molecule has 0 amide bonds. The lowest BCUT2D eigenvalue weighted by Gasteiger charge is -2.30. The van der Waals surface area contributed by atoms with Crippen LogP contribution < -0.4 is 10.5 Å². The Hall–Kier alpha value is -1.02. The number of ether oxygens (including phenoxy) is 1. The predicted molar refractivity (Wildman–Crippen MR) is 62.3 cm³/mol. The van der Waals surface area contributed by atoms with Gasteiger partial charge in [-0.15, -0.1) is 0 Å². The number of rotatable bonds is 2. The highest BCUT2D eigenvalue weighted by Crippen LogP contribution is 2.38. The van der Waals surface area contributed by atoms with Crippen LogP contribution >= 0.6 is 0 Å². The first-order valence-corrected chi connectivity index (χ1v) is 5.65. The molecule has 82 valence electrons. The van der Waals surface area contributed by atoms with Gasteiger partial charge in [-0.05, 0) is 48.9 Å². The van der Waals surface area contributed by atoms with Gasteiger partial charge in [-0.1, -0.05) is 19.1 Å². The van der Waals surface area contributed by atoms with E-state index in [1.807, 2.05) is 0 Å². The van der Waals surface area contributed by atoms with E-state index in [2.05, 4.69) is 32.0 Å². The van der Waals surface area contributed by atoms with Gasteiger partial charge in [-0.2, -0.15) is 0 Å². The fourth-order valence-electron chi connectivity index (χ4n) is 2.28. The molecular weight excluding hydrogens is 186 g/mol. The molecule has 0 saturated heterocycles. The molecule has 1 aromatic rings. The monoisotopic (exact) mass is 205 g/mol. The van der Waals surface area contributed by atoms with Gasteiger partial charge in [0.1, 0.15) is 5.75 Å². The third-order valence-electron chi connectivity index (χ3n) is 3.31. The zero-order valence-electron chi connectivity index (χ0n) is 9.49. The average Bonchev–Trinajstić information content (AvgIpc) is 2.26. The van der Waals surface area contributed by atoms with Crippen molar-refractivity contribution in [1.29, 1.82) is 0 Å². The molecule has 2 rings (SSSR count). The molecule has 2 nitrogen and oxygen atoms in total. The molecule has 0 bridgehead atoms. The summed E-state index contributed by atoms with van der Waals surface area (Å²) in [6, 6.07) is 6.48. The standard InChI is InChI=1S/C13H19NO/c1-9-3-4-12-11(10(2)8-14)5-6-15-13(12)7-9/h3-4,7,10-11H,5-6,8,14H2,1-2H3. The van der Waals surface area contributed by atoms with Crippen LogP contribution in [0, 0.1) is 12.8 Å². The molecule has 1 heterocycles. The van der Waals surface area contributed by atoms with Gasteiger partial charge in [0.15, 0.2) is 0 Å². The number of nitrogens with two attached hydrogens (primary N) is 1. The van der Waals surface area contributed by atoms with E-state index in [9.17, 15) is 0 Å². The summed E-state index contributed by atoms with van der Waals surface area (Å²) in [6.45, 7) is 5.89. The van der Waals surface area contributed by atoms with Gasteiger partial charge in [-0.3, -0.25) is 0 Å². The number of hydrogen-bond acceptors (Lipinski definition) is 2. The lowest BCUT2D eigenvalue weighted by atomic mass is 9.83. The molecule has 0 radical (unpaired) electrons. The second kappa shape index (κ2) is 4.23. The van der Waals surface area contributed by atoms with Gasteiger partial charge >= 0.3 is 0 Å². The van der Waals surface area contributed by atoms with E-state index in [4.69, 9.17) is 10.5 Å². The third kappa shape index (κ3) is 2.00. The molecule has 0 fully saturated rings. The highest BCUT2D eigenvalue weighted by Gasteiger charge is 2.25. The van der Waals surface area contributed by atoms with Crippen molar-refractivity contribution in [2.45, 2.75) is 26.2 Å². The highest BCUT2D eigenvalue weighted by molar-refractivity contribution is 5.41. The summed E-state index contributed by atoms with van der Waals surface area (Å²) in [4.78, 5) is 0. The van der Waals surface area contributed by atoms with Crippen molar-refractivity contribution < 1.29 is 4.74 Å². The van der Waals surface area contributed by atoms with Crippen molar-refractivity contribution in [2.24, 2.45) is 11.7 Å². The summed E-state index contributed by atoms with van der Waals surface area (Å²) in [6.07, 6.45) is 1.09. The van der Waals surface area contributed by atoms with E-state index in [1.165, 1.54) is 11.1 Å². The van der Waals surface area contributed by atoms with Crippen molar-refractivity contribution in [3.63, 3.8) is 0 Å². The molecule has 0 spiro atoms. The Labute approximate surface area is 91.4 Å². The Bertz CT molecular complexity index is 348. The molecule has 1 aromatic carbocycles. The van der Waals surface area contributed by atoms with Crippen LogP contribution in [0.2, 0.25) is 0 Å². The minimum absolute atomic E-state index is 0.537. The topological polar surface area (TPSA) is 35.2 Å². The number of hydrogen-bond donors (Lipinski definition) is 1. The first-order chi connectivity index (χ1) is 7.22. The summed E-state index contributed by atoms with van der Waals surface area (Å²) < 4.78 is 5.69. The zero-order chi connectivity index (χ0) is 10.8. The van der Waals surface area contributed by atoms with Crippen LogP contribution in [0.5, 0.6) is 5.75 Å².